The Kier molecular flexibility index (Phi) is 8.42. The highest BCUT2D eigenvalue weighted by atomic mass is 15.2. The van der Waals surface area contributed by atoms with Crippen molar-refractivity contribution in [3.63, 3.8) is 0 Å². The molecule has 0 aliphatic heterocycles. The first kappa shape index (κ1) is 35.5. The maximum atomic E-state index is 5.44. The van der Waals surface area contributed by atoms with Gasteiger partial charge in [0.1, 0.15) is 5.69 Å². The van der Waals surface area contributed by atoms with Crippen LogP contribution in [0.1, 0.15) is 0 Å². The topological polar surface area (TPSA) is 48.0 Å². The van der Waals surface area contributed by atoms with Crippen molar-refractivity contribution < 1.29 is 0 Å². The van der Waals surface area contributed by atoms with Crippen LogP contribution in [0, 0.1) is 0 Å². The molecule has 290 valence electrons. The molecule has 4 aromatic heterocycles. The van der Waals surface area contributed by atoms with Gasteiger partial charge in [-0.1, -0.05) is 188 Å². The SMILES string of the molecule is c1ccc(-c2cc(-c3ccc(-n4c5ccccc5c5ccccc54)cc3)nc(-c3cccc4c3cc(-c3ccccc3)n3nc(-c5ccccc5)c(-c5ccccc5)c43)n2)cc1. The Morgan fingerprint density at radius 3 is 1.47 bits per heavy atom. The number of hydrogen-bond donors (Lipinski definition) is 0. The molecule has 5 heteroatoms. The molecule has 0 spiro atoms. The van der Waals surface area contributed by atoms with Crippen molar-refractivity contribution in [1.82, 2.24) is 24.1 Å². The standard InChI is InChI=1S/C57H37N5/c1-5-18-38(19-6-1)49-37-50(39-32-34-43(35-33-39)61-51-30-15-13-26-44(51)45-27-14-16-31-52(45)61)59-57(58-49)47-29-17-28-46-48(47)36-53(40-20-7-2-8-21-40)62-56(46)54(41-22-9-3-10-23-41)55(60-62)42-24-11-4-12-25-42/h1-37H. The van der Waals surface area contributed by atoms with Gasteiger partial charge in [0.2, 0.25) is 0 Å². The Balaban J connectivity index is 1.09. The van der Waals surface area contributed by atoms with Gasteiger partial charge in [-0.05, 0) is 47.3 Å². The summed E-state index contributed by atoms with van der Waals surface area (Å²) in [6, 6.07) is 78.9. The molecule has 12 aromatic rings. The lowest BCUT2D eigenvalue weighted by Crippen LogP contribution is -1.99. The lowest BCUT2D eigenvalue weighted by molar-refractivity contribution is 0.979. The van der Waals surface area contributed by atoms with Gasteiger partial charge in [0.05, 0.1) is 33.6 Å². The van der Waals surface area contributed by atoms with Crippen LogP contribution in [-0.4, -0.2) is 24.1 Å². The van der Waals surface area contributed by atoms with E-state index in [0.717, 1.165) is 83.7 Å². The van der Waals surface area contributed by atoms with Gasteiger partial charge in [-0.2, -0.15) is 5.10 Å². The highest BCUT2D eigenvalue weighted by Gasteiger charge is 2.23. The molecular weight excluding hydrogens is 755 g/mol. The second kappa shape index (κ2) is 14.7. The fourth-order valence-electron chi connectivity index (χ4n) is 9.11. The number of hydrogen-bond acceptors (Lipinski definition) is 3. The molecule has 4 heterocycles. The van der Waals surface area contributed by atoms with Crippen LogP contribution in [0.5, 0.6) is 0 Å². The van der Waals surface area contributed by atoms with E-state index in [2.05, 4.69) is 227 Å². The molecule has 0 radical (unpaired) electrons. The minimum atomic E-state index is 0.658. The summed E-state index contributed by atoms with van der Waals surface area (Å²) in [6.07, 6.45) is 0. The smallest absolute Gasteiger partial charge is 0.161 e. The molecule has 62 heavy (non-hydrogen) atoms. The third-order valence-corrected chi connectivity index (χ3v) is 12.0. The van der Waals surface area contributed by atoms with Crippen LogP contribution in [0.25, 0.3) is 111 Å². The first-order valence-electron chi connectivity index (χ1n) is 21.0. The predicted octanol–water partition coefficient (Wildman–Crippen LogP) is 14.4. The summed E-state index contributed by atoms with van der Waals surface area (Å²) in [5.41, 5.74) is 15.4. The second-order valence-electron chi connectivity index (χ2n) is 15.6. The number of pyridine rings is 1. The van der Waals surface area contributed by atoms with E-state index in [-0.39, 0.29) is 0 Å². The fourth-order valence-corrected chi connectivity index (χ4v) is 9.11. The van der Waals surface area contributed by atoms with E-state index in [4.69, 9.17) is 15.1 Å². The van der Waals surface area contributed by atoms with Crippen molar-refractivity contribution in [2.45, 2.75) is 0 Å². The van der Waals surface area contributed by atoms with Crippen LogP contribution >= 0.6 is 0 Å². The zero-order valence-corrected chi connectivity index (χ0v) is 33.6. The highest BCUT2D eigenvalue weighted by Crippen LogP contribution is 2.43. The highest BCUT2D eigenvalue weighted by molar-refractivity contribution is 6.12. The summed E-state index contributed by atoms with van der Waals surface area (Å²) >= 11 is 0. The lowest BCUT2D eigenvalue weighted by Gasteiger charge is -2.15. The molecule has 0 unspecified atom stereocenters. The number of para-hydroxylation sites is 2. The van der Waals surface area contributed by atoms with Crippen LogP contribution in [0.4, 0.5) is 0 Å². The van der Waals surface area contributed by atoms with Crippen molar-refractivity contribution in [1.29, 1.82) is 0 Å². The molecule has 5 nitrogen and oxygen atoms in total. The summed E-state index contributed by atoms with van der Waals surface area (Å²) in [6.45, 7) is 0. The molecular formula is C57H37N5. The molecule has 0 aliphatic carbocycles. The Morgan fingerprint density at radius 1 is 0.355 bits per heavy atom. The minimum Gasteiger partial charge on any atom is -0.309 e. The zero-order chi connectivity index (χ0) is 41.0. The average molecular weight is 792 g/mol. The van der Waals surface area contributed by atoms with Gasteiger partial charge in [-0.15, -0.1) is 0 Å². The summed E-state index contributed by atoms with van der Waals surface area (Å²) < 4.78 is 4.48. The van der Waals surface area contributed by atoms with E-state index in [1.807, 2.05) is 6.07 Å². The van der Waals surface area contributed by atoms with Crippen LogP contribution in [0.15, 0.2) is 224 Å². The van der Waals surface area contributed by atoms with E-state index in [9.17, 15) is 0 Å². The average Bonchev–Trinajstić information content (AvgIpc) is 3.92. The van der Waals surface area contributed by atoms with Crippen LogP contribution in [0.3, 0.4) is 0 Å². The Hall–Kier alpha value is -8.41. The number of benzene rings is 8. The Labute approximate surface area is 358 Å². The Bertz CT molecular complexity index is 3540. The first-order chi connectivity index (χ1) is 30.8. The van der Waals surface area contributed by atoms with Crippen LogP contribution in [-0.2, 0) is 0 Å². The molecule has 0 aliphatic rings. The molecule has 8 aromatic carbocycles. The third kappa shape index (κ3) is 5.90. The van der Waals surface area contributed by atoms with Crippen LogP contribution in [0.2, 0.25) is 0 Å². The molecule has 0 bridgehead atoms. The van der Waals surface area contributed by atoms with Crippen molar-refractivity contribution in [3.8, 4) is 73.2 Å². The predicted molar refractivity (Wildman–Crippen MR) is 255 cm³/mol. The summed E-state index contributed by atoms with van der Waals surface area (Å²) in [5.74, 6) is 0.658. The van der Waals surface area contributed by atoms with Gasteiger partial charge < -0.3 is 4.57 Å². The van der Waals surface area contributed by atoms with E-state index >= 15 is 0 Å². The van der Waals surface area contributed by atoms with Gasteiger partial charge in [0.15, 0.2) is 5.82 Å². The minimum absolute atomic E-state index is 0.658. The monoisotopic (exact) mass is 791 g/mol. The number of fused-ring (bicyclic) bond motifs is 6. The van der Waals surface area contributed by atoms with Crippen molar-refractivity contribution in [2.75, 3.05) is 0 Å². The molecule has 0 amide bonds. The maximum Gasteiger partial charge on any atom is 0.161 e. The zero-order valence-electron chi connectivity index (χ0n) is 33.6. The molecule has 0 saturated carbocycles. The number of aromatic nitrogens is 5. The summed E-state index contributed by atoms with van der Waals surface area (Å²) in [4.78, 5) is 10.8. The van der Waals surface area contributed by atoms with Gasteiger partial charge in [0, 0.05) is 55.2 Å². The number of nitrogens with zero attached hydrogens (tertiary/aromatic N) is 5. The van der Waals surface area contributed by atoms with Gasteiger partial charge >= 0.3 is 0 Å². The largest absolute Gasteiger partial charge is 0.309 e. The van der Waals surface area contributed by atoms with Crippen molar-refractivity contribution in [2.24, 2.45) is 0 Å². The molecule has 0 fully saturated rings. The van der Waals surface area contributed by atoms with Crippen molar-refractivity contribution >= 4 is 38.1 Å². The van der Waals surface area contributed by atoms with Crippen molar-refractivity contribution in [3.05, 3.63) is 224 Å². The maximum absolute atomic E-state index is 5.44. The van der Waals surface area contributed by atoms with Gasteiger partial charge in [-0.3, -0.25) is 0 Å². The van der Waals surface area contributed by atoms with Gasteiger partial charge in [0.25, 0.3) is 0 Å². The molecule has 12 rings (SSSR count). The summed E-state index contributed by atoms with van der Waals surface area (Å²) in [7, 11) is 0. The lowest BCUT2D eigenvalue weighted by atomic mass is 9.95. The molecule has 0 atom stereocenters. The van der Waals surface area contributed by atoms with E-state index in [1.54, 1.807) is 0 Å². The van der Waals surface area contributed by atoms with E-state index < -0.39 is 0 Å². The molecule has 0 saturated heterocycles. The van der Waals surface area contributed by atoms with E-state index in [0.29, 0.717) is 5.82 Å². The van der Waals surface area contributed by atoms with E-state index in [1.165, 1.54) is 21.8 Å². The third-order valence-electron chi connectivity index (χ3n) is 12.0. The quantitative estimate of drug-likeness (QED) is 0.162. The molecule has 0 N–H and O–H groups in total. The number of rotatable bonds is 7. The fraction of sp³-hybridized carbons (Fsp3) is 0. The summed E-state index contributed by atoms with van der Waals surface area (Å²) in [5, 5.41) is 10.0. The van der Waals surface area contributed by atoms with Crippen LogP contribution < -0.4 is 0 Å². The second-order valence-corrected chi connectivity index (χ2v) is 15.6. The first-order valence-corrected chi connectivity index (χ1v) is 21.0. The Morgan fingerprint density at radius 2 is 0.855 bits per heavy atom. The normalized spacial score (nSPS) is 11.5. The van der Waals surface area contributed by atoms with Gasteiger partial charge in [-0.25, -0.2) is 14.5 Å².